The number of aromatic nitrogens is 2. The Morgan fingerprint density at radius 2 is 1.00 bits per heavy atom. The number of imidazole rings is 1. The summed E-state index contributed by atoms with van der Waals surface area (Å²) in [5.41, 5.74) is 21.0. The summed E-state index contributed by atoms with van der Waals surface area (Å²) in [6, 6.07) is 83.4. The Kier molecular flexibility index (Phi) is 10.0. The molecule has 0 aliphatic heterocycles. The minimum atomic E-state index is -0.277. The van der Waals surface area contributed by atoms with Crippen LogP contribution in [0.15, 0.2) is 236 Å². The molecule has 0 amide bonds. The maximum absolute atomic E-state index is 5.24. The summed E-state index contributed by atoms with van der Waals surface area (Å²) in [5.74, 6) is 1.76. The van der Waals surface area contributed by atoms with Crippen LogP contribution in [-0.2, 0) is 10.8 Å². The number of amidine groups is 1. The summed E-state index contributed by atoms with van der Waals surface area (Å²) >= 11 is 0. The molecule has 2 aliphatic rings. The van der Waals surface area contributed by atoms with Crippen molar-refractivity contribution in [1.29, 1.82) is 0 Å². The van der Waals surface area contributed by atoms with Gasteiger partial charge in [0.25, 0.3) is 0 Å². The maximum atomic E-state index is 5.24. The molecule has 2 aliphatic carbocycles. The normalized spacial score (nSPS) is 13.9. The SMILES string of the molecule is C/N=C(\c1ccc(N(c2ccc(-c3nc4ccccc4n3-c3ccccc3)cc2)c2cc3c(c4ccccc24)-c2cc4c(cc2C3(C)C)-c2ccccc2C4(C)C)cc1)N(c1ccccc1)c1ccccc1. The third-order valence-corrected chi connectivity index (χ3v) is 15.4. The summed E-state index contributed by atoms with van der Waals surface area (Å²) in [6.07, 6.45) is 0. The van der Waals surface area contributed by atoms with Crippen molar-refractivity contribution in [3.8, 4) is 39.3 Å². The Morgan fingerprint density at radius 3 is 1.68 bits per heavy atom. The molecule has 10 aromatic carbocycles. The first-order valence-corrected chi connectivity index (χ1v) is 25.0. The van der Waals surface area contributed by atoms with E-state index < -0.39 is 0 Å². The highest BCUT2D eigenvalue weighted by Gasteiger charge is 2.43. The quantitative estimate of drug-likeness (QED) is 0.113. The lowest BCUT2D eigenvalue weighted by Gasteiger charge is -2.30. The molecular formula is C67H53N5. The van der Waals surface area contributed by atoms with E-state index in [1.165, 1.54) is 55.3 Å². The number of anilines is 5. The minimum absolute atomic E-state index is 0.106. The van der Waals surface area contributed by atoms with Crippen LogP contribution >= 0.6 is 0 Å². The van der Waals surface area contributed by atoms with Crippen LogP contribution in [0, 0.1) is 0 Å². The van der Waals surface area contributed by atoms with Crippen molar-refractivity contribution in [2.75, 3.05) is 16.8 Å². The second-order valence-electron chi connectivity index (χ2n) is 20.2. The Balaban J connectivity index is 0.990. The predicted octanol–water partition coefficient (Wildman–Crippen LogP) is 17.1. The number of benzene rings is 10. The van der Waals surface area contributed by atoms with E-state index >= 15 is 0 Å². The van der Waals surface area contributed by atoms with Crippen molar-refractivity contribution in [1.82, 2.24) is 9.55 Å². The van der Waals surface area contributed by atoms with Gasteiger partial charge >= 0.3 is 0 Å². The number of para-hydroxylation sites is 5. The standard InChI is InChI=1S/C67H53N5/c1-66(2)56-30-18-17-27-51(56)54-41-58-55(42-57(54)66)63-53-29-16-15-28-52(53)62(43-59(63)67(58,3)4)70(49-37-33-44(34-38-49)64(68-5)71(46-21-9-6-10-22-46)47-23-11-7-12-24-47)50-39-35-45(36-40-50)65-69-60-31-19-20-32-61(60)72(65)48-25-13-8-14-26-48/h6-43H,1-5H3/b68-64+. The summed E-state index contributed by atoms with van der Waals surface area (Å²) in [6.45, 7) is 9.60. The number of fused-ring (bicyclic) bond motifs is 9. The number of hydrogen-bond donors (Lipinski definition) is 0. The van der Waals surface area contributed by atoms with Crippen LogP contribution < -0.4 is 9.80 Å². The molecule has 346 valence electrons. The lowest BCUT2D eigenvalue weighted by atomic mass is 9.79. The molecular weight excluding hydrogens is 875 g/mol. The third-order valence-electron chi connectivity index (χ3n) is 15.4. The molecule has 11 aromatic rings. The van der Waals surface area contributed by atoms with E-state index in [0.717, 1.165) is 67.9 Å². The average Bonchev–Trinajstić information content (AvgIpc) is 4.01. The lowest BCUT2D eigenvalue weighted by molar-refractivity contribution is 0.652. The fraction of sp³-hybridized carbons (Fsp3) is 0.104. The van der Waals surface area contributed by atoms with E-state index in [0.29, 0.717) is 0 Å². The van der Waals surface area contributed by atoms with Crippen LogP contribution in [0.25, 0.3) is 61.1 Å². The highest BCUT2D eigenvalue weighted by Crippen LogP contribution is 2.59. The first kappa shape index (κ1) is 43.2. The van der Waals surface area contributed by atoms with Crippen molar-refractivity contribution in [2.24, 2.45) is 4.99 Å². The van der Waals surface area contributed by atoms with E-state index in [-0.39, 0.29) is 10.8 Å². The first-order valence-electron chi connectivity index (χ1n) is 25.0. The zero-order chi connectivity index (χ0) is 48.7. The molecule has 0 unspecified atom stereocenters. The van der Waals surface area contributed by atoms with Gasteiger partial charge in [-0.25, -0.2) is 4.98 Å². The molecule has 0 bridgehead atoms. The van der Waals surface area contributed by atoms with Gasteiger partial charge in [-0.2, -0.15) is 0 Å². The van der Waals surface area contributed by atoms with E-state index in [9.17, 15) is 0 Å². The largest absolute Gasteiger partial charge is 0.310 e. The van der Waals surface area contributed by atoms with Gasteiger partial charge in [0.15, 0.2) is 0 Å². The molecule has 0 atom stereocenters. The Bertz CT molecular complexity index is 3870. The third kappa shape index (κ3) is 6.68. The molecule has 1 heterocycles. The molecule has 5 nitrogen and oxygen atoms in total. The second-order valence-corrected chi connectivity index (χ2v) is 20.2. The fourth-order valence-corrected chi connectivity index (χ4v) is 11.9. The number of nitrogens with zero attached hydrogens (tertiary/aromatic N) is 5. The lowest BCUT2D eigenvalue weighted by Crippen LogP contribution is -2.27. The molecule has 13 rings (SSSR count). The predicted molar refractivity (Wildman–Crippen MR) is 301 cm³/mol. The smallest absolute Gasteiger partial charge is 0.145 e. The topological polar surface area (TPSA) is 36.7 Å². The van der Waals surface area contributed by atoms with Crippen molar-refractivity contribution in [3.63, 3.8) is 0 Å². The Labute approximate surface area is 421 Å². The maximum Gasteiger partial charge on any atom is 0.145 e. The highest BCUT2D eigenvalue weighted by atomic mass is 15.2. The van der Waals surface area contributed by atoms with E-state index in [4.69, 9.17) is 9.98 Å². The molecule has 72 heavy (non-hydrogen) atoms. The van der Waals surface area contributed by atoms with Gasteiger partial charge in [-0.1, -0.05) is 143 Å². The average molecular weight is 928 g/mol. The van der Waals surface area contributed by atoms with Gasteiger partial charge in [0.1, 0.15) is 11.7 Å². The zero-order valence-corrected chi connectivity index (χ0v) is 41.2. The Morgan fingerprint density at radius 1 is 0.458 bits per heavy atom. The second kappa shape index (κ2) is 16.7. The number of hydrogen-bond acceptors (Lipinski definition) is 3. The van der Waals surface area contributed by atoms with Crippen molar-refractivity contribution >= 4 is 56.1 Å². The van der Waals surface area contributed by atoms with Gasteiger partial charge in [-0.3, -0.25) is 14.5 Å². The van der Waals surface area contributed by atoms with Crippen molar-refractivity contribution < 1.29 is 0 Å². The zero-order valence-electron chi connectivity index (χ0n) is 41.2. The summed E-state index contributed by atoms with van der Waals surface area (Å²) in [4.78, 5) is 14.9. The van der Waals surface area contributed by atoms with Crippen molar-refractivity contribution in [3.05, 3.63) is 258 Å². The molecule has 0 saturated heterocycles. The monoisotopic (exact) mass is 927 g/mol. The van der Waals surface area contributed by atoms with Gasteiger partial charge < -0.3 is 4.90 Å². The van der Waals surface area contributed by atoms with Gasteiger partial charge in [-0.05, 0) is 165 Å². The summed E-state index contributed by atoms with van der Waals surface area (Å²) < 4.78 is 2.27. The van der Waals surface area contributed by atoms with Gasteiger partial charge in [0, 0.05) is 62.8 Å². The van der Waals surface area contributed by atoms with Crippen LogP contribution in [0.2, 0.25) is 0 Å². The van der Waals surface area contributed by atoms with Crippen LogP contribution in [-0.4, -0.2) is 22.4 Å². The van der Waals surface area contributed by atoms with Gasteiger partial charge in [-0.15, -0.1) is 0 Å². The first-order chi connectivity index (χ1) is 35.2. The van der Waals surface area contributed by atoms with Gasteiger partial charge in [0.2, 0.25) is 0 Å². The minimum Gasteiger partial charge on any atom is -0.310 e. The molecule has 0 spiro atoms. The summed E-state index contributed by atoms with van der Waals surface area (Å²) in [7, 11) is 1.88. The number of aliphatic imine (C=N–C) groups is 1. The molecule has 0 N–H and O–H groups in total. The van der Waals surface area contributed by atoms with Gasteiger partial charge in [0.05, 0.1) is 16.7 Å². The van der Waals surface area contributed by atoms with Crippen LogP contribution in [0.5, 0.6) is 0 Å². The fourth-order valence-electron chi connectivity index (χ4n) is 11.9. The Hall–Kier alpha value is -8.80. The van der Waals surface area contributed by atoms with Crippen LogP contribution in [0.1, 0.15) is 55.5 Å². The van der Waals surface area contributed by atoms with E-state index in [1.807, 2.05) is 7.05 Å². The van der Waals surface area contributed by atoms with Crippen LogP contribution in [0.4, 0.5) is 28.4 Å². The highest BCUT2D eigenvalue weighted by molar-refractivity contribution is 6.15. The number of rotatable bonds is 8. The molecule has 0 radical (unpaired) electrons. The molecule has 0 saturated carbocycles. The van der Waals surface area contributed by atoms with E-state index in [1.54, 1.807) is 0 Å². The van der Waals surface area contributed by atoms with Crippen LogP contribution in [0.3, 0.4) is 0 Å². The molecule has 5 heteroatoms. The summed E-state index contributed by atoms with van der Waals surface area (Å²) in [5, 5.41) is 2.44. The van der Waals surface area contributed by atoms with E-state index in [2.05, 4.69) is 273 Å². The van der Waals surface area contributed by atoms with Crippen molar-refractivity contribution in [2.45, 2.75) is 38.5 Å². The molecule has 1 aromatic heterocycles. The molecule has 0 fully saturated rings.